The molecule has 6 heteroatoms. The Labute approximate surface area is 131 Å². The Kier molecular flexibility index (Phi) is 4.68. The number of ether oxygens (including phenoxy) is 1. The van der Waals surface area contributed by atoms with Crippen molar-refractivity contribution in [3.8, 4) is 0 Å². The first-order valence-electron chi connectivity index (χ1n) is 6.80. The Bertz CT molecular complexity index is 575. The van der Waals surface area contributed by atoms with E-state index in [1.165, 1.54) is 12.1 Å². The van der Waals surface area contributed by atoms with Gasteiger partial charge in [0.1, 0.15) is 0 Å². The van der Waals surface area contributed by atoms with E-state index in [-0.39, 0.29) is 35.5 Å². The lowest BCUT2D eigenvalue weighted by molar-refractivity contribution is -0.121. The molecule has 2 N–H and O–H groups in total. The van der Waals surface area contributed by atoms with Crippen LogP contribution < -0.4 is 5.32 Å². The molecule has 1 saturated heterocycles. The largest absolute Gasteiger partial charge is 0.478 e. The fourth-order valence-corrected chi connectivity index (χ4v) is 3.03. The van der Waals surface area contributed by atoms with Gasteiger partial charge in [-0.25, -0.2) is 4.79 Å². The molecule has 2 rings (SSSR count). The van der Waals surface area contributed by atoms with Gasteiger partial charge in [0.2, 0.25) is 5.91 Å². The van der Waals surface area contributed by atoms with E-state index in [0.717, 1.165) is 0 Å². The third kappa shape index (κ3) is 3.27. The van der Waals surface area contributed by atoms with E-state index in [9.17, 15) is 9.59 Å². The minimum atomic E-state index is -1.03. The zero-order chi connectivity index (χ0) is 15.7. The van der Waals surface area contributed by atoms with Gasteiger partial charge in [0.15, 0.2) is 0 Å². The fraction of sp³-hybridized carbons (Fsp3) is 0.467. The quantitative estimate of drug-likeness (QED) is 0.873. The molecule has 1 fully saturated rings. The summed E-state index contributed by atoms with van der Waals surface area (Å²) in [6, 6.07) is 4.53. The highest BCUT2D eigenvalue weighted by atomic mass is 79.9. The number of halogens is 1. The third-order valence-corrected chi connectivity index (χ3v) is 4.71. The molecule has 1 aliphatic rings. The number of nitrogens with one attached hydrogen (secondary N) is 1. The first-order valence-corrected chi connectivity index (χ1v) is 7.59. The van der Waals surface area contributed by atoms with Gasteiger partial charge in [0, 0.05) is 4.47 Å². The van der Waals surface area contributed by atoms with Crippen molar-refractivity contribution < 1.29 is 19.4 Å². The molecule has 1 aromatic carbocycles. The number of aromatic carboxylic acids is 1. The van der Waals surface area contributed by atoms with E-state index >= 15 is 0 Å². The first-order chi connectivity index (χ1) is 9.81. The minimum Gasteiger partial charge on any atom is -0.478 e. The number of rotatable bonds is 3. The summed E-state index contributed by atoms with van der Waals surface area (Å²) >= 11 is 3.32. The summed E-state index contributed by atoms with van der Waals surface area (Å²) in [4.78, 5) is 23.5. The van der Waals surface area contributed by atoms with E-state index in [1.807, 2.05) is 20.8 Å². The summed E-state index contributed by atoms with van der Waals surface area (Å²) in [5.41, 5.74) is 0.587. The zero-order valence-corrected chi connectivity index (χ0v) is 13.7. The van der Waals surface area contributed by atoms with Crippen molar-refractivity contribution in [3.63, 3.8) is 0 Å². The van der Waals surface area contributed by atoms with E-state index < -0.39 is 5.97 Å². The first kappa shape index (κ1) is 16.0. The van der Waals surface area contributed by atoms with Gasteiger partial charge in [-0.3, -0.25) is 4.79 Å². The summed E-state index contributed by atoms with van der Waals surface area (Å²) in [5.74, 6) is -1.32. The summed E-state index contributed by atoms with van der Waals surface area (Å²) < 4.78 is 6.32. The maximum absolute atomic E-state index is 12.5. The highest BCUT2D eigenvalue weighted by molar-refractivity contribution is 9.10. The van der Waals surface area contributed by atoms with Crippen LogP contribution in [0.1, 0.15) is 31.1 Å². The number of carbonyl (C=O) groups excluding carboxylic acids is 1. The van der Waals surface area contributed by atoms with E-state index in [0.29, 0.717) is 10.2 Å². The highest BCUT2D eigenvalue weighted by Crippen LogP contribution is 2.34. The van der Waals surface area contributed by atoms with E-state index in [2.05, 4.69) is 21.2 Å². The van der Waals surface area contributed by atoms with Crippen molar-refractivity contribution in [1.29, 1.82) is 0 Å². The van der Waals surface area contributed by atoms with Crippen LogP contribution in [0.2, 0.25) is 0 Å². The topological polar surface area (TPSA) is 75.6 Å². The molecule has 1 heterocycles. The van der Waals surface area contributed by atoms with Gasteiger partial charge in [0.25, 0.3) is 0 Å². The maximum atomic E-state index is 12.5. The number of carboxylic acid groups (broad SMARTS) is 1. The molecule has 0 aromatic heterocycles. The number of hydrogen-bond acceptors (Lipinski definition) is 3. The molecular weight excluding hydrogens is 338 g/mol. The minimum absolute atomic E-state index is 0.0320. The monoisotopic (exact) mass is 355 g/mol. The molecule has 1 aromatic rings. The van der Waals surface area contributed by atoms with Crippen molar-refractivity contribution in [2.24, 2.45) is 11.8 Å². The van der Waals surface area contributed by atoms with Crippen LogP contribution in [0, 0.1) is 11.8 Å². The second kappa shape index (κ2) is 6.15. The standard InChI is InChI=1S/C15H18BrNO4/c1-7-8(2)21-9(3)13(7)14(18)17-12-6-10(15(19)20)4-5-11(12)16/h4-9,13H,1-3H3,(H,17,18)(H,19,20). The van der Waals surface area contributed by atoms with Gasteiger partial charge in [-0.1, -0.05) is 6.92 Å². The molecular formula is C15H18BrNO4. The lowest BCUT2D eigenvalue weighted by Crippen LogP contribution is -2.32. The second-order valence-corrected chi connectivity index (χ2v) is 6.27. The summed E-state index contributed by atoms with van der Waals surface area (Å²) in [6.45, 7) is 5.82. The van der Waals surface area contributed by atoms with Crippen molar-refractivity contribution in [2.75, 3.05) is 5.32 Å². The van der Waals surface area contributed by atoms with Crippen LogP contribution in [-0.4, -0.2) is 29.2 Å². The van der Waals surface area contributed by atoms with Gasteiger partial charge in [0.05, 0.1) is 29.4 Å². The fourth-order valence-electron chi connectivity index (χ4n) is 2.69. The zero-order valence-electron chi connectivity index (χ0n) is 12.1. The van der Waals surface area contributed by atoms with Crippen LogP contribution in [0.5, 0.6) is 0 Å². The van der Waals surface area contributed by atoms with Crippen molar-refractivity contribution in [2.45, 2.75) is 33.0 Å². The van der Waals surface area contributed by atoms with Gasteiger partial charge in [-0.15, -0.1) is 0 Å². The summed E-state index contributed by atoms with van der Waals surface area (Å²) in [6.07, 6.45) is -0.124. The Morgan fingerprint density at radius 2 is 1.90 bits per heavy atom. The van der Waals surface area contributed by atoms with Crippen LogP contribution in [0.4, 0.5) is 5.69 Å². The Hall–Kier alpha value is -1.40. The van der Waals surface area contributed by atoms with Gasteiger partial charge < -0.3 is 15.2 Å². The average Bonchev–Trinajstić information content (AvgIpc) is 2.65. The van der Waals surface area contributed by atoms with Gasteiger partial charge in [-0.05, 0) is 53.9 Å². The predicted molar refractivity (Wildman–Crippen MR) is 82.4 cm³/mol. The molecule has 21 heavy (non-hydrogen) atoms. The predicted octanol–water partition coefficient (Wildman–Crippen LogP) is 3.15. The number of carbonyl (C=O) groups is 2. The average molecular weight is 356 g/mol. The normalized spacial score (nSPS) is 28.4. The summed E-state index contributed by atoms with van der Waals surface area (Å²) in [7, 11) is 0. The van der Waals surface area contributed by atoms with Crippen LogP contribution in [0.3, 0.4) is 0 Å². The van der Waals surface area contributed by atoms with Crippen LogP contribution in [-0.2, 0) is 9.53 Å². The third-order valence-electron chi connectivity index (χ3n) is 4.02. The van der Waals surface area contributed by atoms with Crippen molar-refractivity contribution >= 4 is 33.5 Å². The number of carboxylic acids is 1. The van der Waals surface area contributed by atoms with Crippen molar-refractivity contribution in [3.05, 3.63) is 28.2 Å². The molecule has 1 amide bonds. The Morgan fingerprint density at radius 3 is 2.43 bits per heavy atom. The smallest absolute Gasteiger partial charge is 0.335 e. The SMILES string of the molecule is CC1OC(C)C(C(=O)Nc2cc(C(=O)O)ccc2Br)C1C. The van der Waals surface area contributed by atoms with Crippen LogP contribution in [0.25, 0.3) is 0 Å². The molecule has 1 aliphatic heterocycles. The number of hydrogen-bond donors (Lipinski definition) is 2. The van der Waals surface area contributed by atoms with Crippen LogP contribution in [0.15, 0.2) is 22.7 Å². The van der Waals surface area contributed by atoms with Gasteiger partial charge >= 0.3 is 5.97 Å². The molecule has 114 valence electrons. The molecule has 4 atom stereocenters. The van der Waals surface area contributed by atoms with E-state index in [4.69, 9.17) is 9.84 Å². The lowest BCUT2D eigenvalue weighted by Gasteiger charge is -2.18. The molecule has 0 bridgehead atoms. The number of benzene rings is 1. The Morgan fingerprint density at radius 1 is 1.24 bits per heavy atom. The Balaban J connectivity index is 2.20. The molecule has 4 unspecified atom stereocenters. The van der Waals surface area contributed by atoms with E-state index in [1.54, 1.807) is 6.07 Å². The molecule has 0 saturated carbocycles. The number of anilines is 1. The summed E-state index contributed by atoms with van der Waals surface area (Å²) in [5, 5.41) is 11.8. The van der Waals surface area contributed by atoms with Gasteiger partial charge in [-0.2, -0.15) is 0 Å². The highest BCUT2D eigenvalue weighted by Gasteiger charge is 2.41. The van der Waals surface area contributed by atoms with Crippen molar-refractivity contribution in [1.82, 2.24) is 0 Å². The molecule has 0 aliphatic carbocycles. The van der Waals surface area contributed by atoms with Crippen LogP contribution >= 0.6 is 15.9 Å². The molecule has 5 nitrogen and oxygen atoms in total. The molecule has 0 spiro atoms. The molecule has 0 radical (unpaired) electrons. The number of amides is 1. The lowest BCUT2D eigenvalue weighted by atomic mass is 9.89. The maximum Gasteiger partial charge on any atom is 0.335 e. The second-order valence-electron chi connectivity index (χ2n) is 5.42.